The highest BCUT2D eigenvalue weighted by molar-refractivity contribution is 6.36. The maximum absolute atomic E-state index is 12.2. The van der Waals surface area contributed by atoms with E-state index in [1.54, 1.807) is 24.3 Å². The van der Waals surface area contributed by atoms with Gasteiger partial charge in [0, 0.05) is 22.8 Å². The number of anilines is 2. The predicted molar refractivity (Wildman–Crippen MR) is 83.1 cm³/mol. The Kier molecular flexibility index (Phi) is 3.55. The number of nitrogens with one attached hydrogen (secondary N) is 2. The number of carbonyl (C=O) groups is 1. The lowest BCUT2D eigenvalue weighted by Crippen LogP contribution is -2.12. The van der Waals surface area contributed by atoms with E-state index in [0.29, 0.717) is 21.3 Å². The molecule has 1 amide bonds. The summed E-state index contributed by atoms with van der Waals surface area (Å²) in [5.41, 5.74) is 3.45. The number of carbonyl (C=O) groups excluding carboxylic acids is 1. The summed E-state index contributed by atoms with van der Waals surface area (Å²) < 4.78 is 0. The molecule has 1 heterocycles. The third kappa shape index (κ3) is 2.60. The van der Waals surface area contributed by atoms with Crippen LogP contribution in [-0.4, -0.2) is 12.5 Å². The summed E-state index contributed by atoms with van der Waals surface area (Å²) in [7, 11) is 0. The van der Waals surface area contributed by atoms with Gasteiger partial charge < -0.3 is 10.6 Å². The Labute approximate surface area is 126 Å². The number of rotatable bonds is 2. The van der Waals surface area contributed by atoms with E-state index in [4.69, 9.17) is 23.2 Å². The van der Waals surface area contributed by atoms with Crippen molar-refractivity contribution in [3.63, 3.8) is 0 Å². The van der Waals surface area contributed by atoms with Crippen LogP contribution in [0.2, 0.25) is 10.0 Å². The molecule has 0 saturated carbocycles. The molecule has 2 N–H and O–H groups in total. The van der Waals surface area contributed by atoms with Crippen molar-refractivity contribution in [2.45, 2.75) is 6.42 Å². The first-order valence-electron chi connectivity index (χ1n) is 6.27. The van der Waals surface area contributed by atoms with Gasteiger partial charge in [0.15, 0.2) is 0 Å². The summed E-state index contributed by atoms with van der Waals surface area (Å²) >= 11 is 11.9. The summed E-state index contributed by atoms with van der Waals surface area (Å²) in [5.74, 6) is -0.177. The minimum absolute atomic E-state index is 0.177. The molecule has 102 valence electrons. The maximum Gasteiger partial charge on any atom is 0.255 e. The van der Waals surface area contributed by atoms with E-state index in [2.05, 4.69) is 10.6 Å². The fraction of sp³-hybridized carbons (Fsp3) is 0.133. The molecular formula is C15H12Cl2N2O. The van der Waals surface area contributed by atoms with E-state index in [-0.39, 0.29) is 5.91 Å². The number of amides is 1. The molecule has 0 radical (unpaired) electrons. The molecule has 5 heteroatoms. The second kappa shape index (κ2) is 5.35. The fourth-order valence-corrected chi connectivity index (χ4v) is 2.69. The summed E-state index contributed by atoms with van der Waals surface area (Å²) in [6.45, 7) is 0.920. The van der Waals surface area contributed by atoms with Crippen molar-refractivity contribution in [1.29, 1.82) is 0 Å². The van der Waals surface area contributed by atoms with Crippen LogP contribution in [0.3, 0.4) is 0 Å². The topological polar surface area (TPSA) is 41.1 Å². The Morgan fingerprint density at radius 1 is 1.15 bits per heavy atom. The van der Waals surface area contributed by atoms with Gasteiger partial charge in [-0.3, -0.25) is 4.79 Å². The largest absolute Gasteiger partial charge is 0.384 e. The van der Waals surface area contributed by atoms with Crippen LogP contribution < -0.4 is 10.6 Å². The number of hydrogen-bond acceptors (Lipinski definition) is 2. The van der Waals surface area contributed by atoms with Crippen LogP contribution in [0, 0.1) is 0 Å². The van der Waals surface area contributed by atoms with Gasteiger partial charge in [0.2, 0.25) is 0 Å². The SMILES string of the molecule is O=C(Nc1ccc(Cl)cc1Cl)c1ccc2c(c1)CCN2. The second-order valence-corrected chi connectivity index (χ2v) is 5.47. The molecule has 20 heavy (non-hydrogen) atoms. The standard InChI is InChI=1S/C15H12Cl2N2O/c16-11-2-4-14(12(17)8-11)19-15(20)10-1-3-13-9(7-10)5-6-18-13/h1-4,7-8,18H,5-6H2,(H,19,20). The molecule has 0 spiro atoms. The monoisotopic (exact) mass is 306 g/mol. The third-order valence-electron chi connectivity index (χ3n) is 3.26. The molecule has 0 fully saturated rings. The van der Waals surface area contributed by atoms with E-state index in [1.807, 2.05) is 12.1 Å². The molecule has 0 atom stereocenters. The van der Waals surface area contributed by atoms with Crippen molar-refractivity contribution in [1.82, 2.24) is 0 Å². The van der Waals surface area contributed by atoms with E-state index >= 15 is 0 Å². The van der Waals surface area contributed by atoms with Crippen LogP contribution in [-0.2, 0) is 6.42 Å². The number of benzene rings is 2. The van der Waals surface area contributed by atoms with E-state index in [1.165, 1.54) is 5.56 Å². The molecule has 3 nitrogen and oxygen atoms in total. The predicted octanol–water partition coefficient (Wildman–Crippen LogP) is 4.21. The lowest BCUT2D eigenvalue weighted by Gasteiger charge is -2.08. The van der Waals surface area contributed by atoms with Crippen molar-refractivity contribution in [2.24, 2.45) is 0 Å². The molecule has 1 aliphatic heterocycles. The number of hydrogen-bond donors (Lipinski definition) is 2. The van der Waals surface area contributed by atoms with Crippen LogP contribution in [0.5, 0.6) is 0 Å². The van der Waals surface area contributed by atoms with Gasteiger partial charge in [-0.1, -0.05) is 23.2 Å². The Morgan fingerprint density at radius 2 is 2.00 bits per heavy atom. The molecule has 2 aromatic carbocycles. The smallest absolute Gasteiger partial charge is 0.255 e. The first-order valence-corrected chi connectivity index (χ1v) is 7.02. The molecule has 3 rings (SSSR count). The van der Waals surface area contributed by atoms with Gasteiger partial charge in [0.05, 0.1) is 10.7 Å². The molecule has 0 unspecified atom stereocenters. The highest BCUT2D eigenvalue weighted by atomic mass is 35.5. The highest BCUT2D eigenvalue weighted by Crippen LogP contribution is 2.27. The van der Waals surface area contributed by atoms with Gasteiger partial charge in [-0.25, -0.2) is 0 Å². The molecule has 2 aromatic rings. The van der Waals surface area contributed by atoms with Gasteiger partial charge in [0.1, 0.15) is 0 Å². The average molecular weight is 307 g/mol. The minimum atomic E-state index is -0.177. The zero-order valence-corrected chi connectivity index (χ0v) is 12.1. The average Bonchev–Trinajstić information content (AvgIpc) is 2.89. The molecular weight excluding hydrogens is 295 g/mol. The molecule has 0 aliphatic carbocycles. The van der Waals surface area contributed by atoms with Crippen molar-refractivity contribution in [3.8, 4) is 0 Å². The van der Waals surface area contributed by atoms with Crippen molar-refractivity contribution in [3.05, 3.63) is 57.6 Å². The summed E-state index contributed by atoms with van der Waals surface area (Å²) in [5, 5.41) is 7.02. The zero-order chi connectivity index (χ0) is 14.1. The van der Waals surface area contributed by atoms with E-state index < -0.39 is 0 Å². The Balaban J connectivity index is 1.82. The Morgan fingerprint density at radius 3 is 2.80 bits per heavy atom. The summed E-state index contributed by atoms with van der Waals surface area (Å²) in [6, 6.07) is 10.6. The van der Waals surface area contributed by atoms with Gasteiger partial charge in [0.25, 0.3) is 5.91 Å². The first kappa shape index (κ1) is 13.3. The maximum atomic E-state index is 12.2. The normalized spacial score (nSPS) is 12.7. The number of halogens is 2. The van der Waals surface area contributed by atoms with E-state index in [0.717, 1.165) is 18.7 Å². The first-order chi connectivity index (χ1) is 9.63. The lowest BCUT2D eigenvalue weighted by molar-refractivity contribution is 0.102. The van der Waals surface area contributed by atoms with Gasteiger partial charge in [-0.2, -0.15) is 0 Å². The van der Waals surface area contributed by atoms with Crippen molar-refractivity contribution in [2.75, 3.05) is 17.2 Å². The third-order valence-corrected chi connectivity index (χ3v) is 3.80. The van der Waals surface area contributed by atoms with Crippen LogP contribution >= 0.6 is 23.2 Å². The van der Waals surface area contributed by atoms with E-state index in [9.17, 15) is 4.79 Å². The lowest BCUT2D eigenvalue weighted by atomic mass is 10.1. The molecule has 0 saturated heterocycles. The summed E-state index contributed by atoms with van der Waals surface area (Å²) in [4.78, 5) is 12.2. The quantitative estimate of drug-likeness (QED) is 0.872. The second-order valence-electron chi connectivity index (χ2n) is 4.63. The van der Waals surface area contributed by atoms with Gasteiger partial charge in [-0.15, -0.1) is 0 Å². The Hall–Kier alpha value is -1.71. The fourth-order valence-electron chi connectivity index (χ4n) is 2.23. The highest BCUT2D eigenvalue weighted by Gasteiger charge is 2.14. The van der Waals surface area contributed by atoms with Crippen LogP contribution in [0.25, 0.3) is 0 Å². The van der Waals surface area contributed by atoms with Gasteiger partial charge >= 0.3 is 0 Å². The number of fused-ring (bicyclic) bond motifs is 1. The van der Waals surface area contributed by atoms with Crippen molar-refractivity contribution < 1.29 is 4.79 Å². The minimum Gasteiger partial charge on any atom is -0.384 e. The molecule has 0 aromatic heterocycles. The van der Waals surface area contributed by atoms with Crippen LogP contribution in [0.4, 0.5) is 11.4 Å². The molecule has 0 bridgehead atoms. The van der Waals surface area contributed by atoms with Crippen LogP contribution in [0.1, 0.15) is 15.9 Å². The van der Waals surface area contributed by atoms with Gasteiger partial charge in [-0.05, 0) is 48.4 Å². The summed E-state index contributed by atoms with van der Waals surface area (Å²) in [6.07, 6.45) is 0.943. The molecule has 1 aliphatic rings. The van der Waals surface area contributed by atoms with Crippen LogP contribution in [0.15, 0.2) is 36.4 Å². The zero-order valence-electron chi connectivity index (χ0n) is 10.5. The Bertz CT molecular complexity index is 686. The van der Waals surface area contributed by atoms with Crippen molar-refractivity contribution >= 4 is 40.5 Å².